The van der Waals surface area contributed by atoms with Crippen LogP contribution in [0.2, 0.25) is 0 Å². The lowest BCUT2D eigenvalue weighted by Crippen LogP contribution is -2.24. The zero-order valence-corrected chi connectivity index (χ0v) is 12.9. The van der Waals surface area contributed by atoms with E-state index in [0.29, 0.717) is 12.0 Å². The standard InChI is InChI=1S/C18H29N/c1-5-11-19-18(17-12-14(17)4)16-9-7-15(8-10-16)13(3)6-2/h7-10,13-14,17-19H,5-6,11-12H2,1-4H3. The average Bonchev–Trinajstić information content (AvgIpc) is 3.16. The molecule has 2 rings (SSSR count). The molecule has 0 aliphatic heterocycles. The van der Waals surface area contributed by atoms with E-state index >= 15 is 0 Å². The van der Waals surface area contributed by atoms with E-state index in [0.717, 1.165) is 18.4 Å². The molecule has 1 aromatic carbocycles. The Morgan fingerprint density at radius 1 is 1.16 bits per heavy atom. The van der Waals surface area contributed by atoms with E-state index in [2.05, 4.69) is 57.3 Å². The summed E-state index contributed by atoms with van der Waals surface area (Å²) in [6, 6.07) is 9.93. The second kappa shape index (κ2) is 6.56. The Morgan fingerprint density at radius 2 is 1.74 bits per heavy atom. The Kier molecular flexibility index (Phi) is 5.04. The van der Waals surface area contributed by atoms with Gasteiger partial charge in [-0.3, -0.25) is 0 Å². The SMILES string of the molecule is CCCNC(c1ccc(C(C)CC)cc1)C1CC1C. The highest BCUT2D eigenvalue weighted by Crippen LogP contribution is 2.47. The summed E-state index contributed by atoms with van der Waals surface area (Å²) in [5, 5.41) is 3.74. The molecule has 19 heavy (non-hydrogen) atoms. The van der Waals surface area contributed by atoms with Gasteiger partial charge in [0.05, 0.1) is 0 Å². The highest BCUT2D eigenvalue weighted by atomic mass is 14.9. The second-order valence-corrected chi connectivity index (χ2v) is 6.28. The van der Waals surface area contributed by atoms with Gasteiger partial charge in [-0.1, -0.05) is 52.0 Å². The van der Waals surface area contributed by atoms with E-state index in [-0.39, 0.29) is 0 Å². The monoisotopic (exact) mass is 259 g/mol. The van der Waals surface area contributed by atoms with Crippen LogP contribution in [0.5, 0.6) is 0 Å². The third-order valence-electron chi connectivity index (χ3n) is 4.69. The molecular weight excluding hydrogens is 230 g/mol. The predicted octanol–water partition coefficient (Wildman–Crippen LogP) is 4.90. The Morgan fingerprint density at radius 3 is 2.21 bits per heavy atom. The molecule has 0 spiro atoms. The van der Waals surface area contributed by atoms with Crippen molar-refractivity contribution in [3.8, 4) is 0 Å². The number of rotatable bonds is 7. The van der Waals surface area contributed by atoms with Crippen LogP contribution in [0.15, 0.2) is 24.3 Å². The lowest BCUT2D eigenvalue weighted by Gasteiger charge is -2.20. The topological polar surface area (TPSA) is 12.0 Å². The lowest BCUT2D eigenvalue weighted by molar-refractivity contribution is 0.463. The molecule has 106 valence electrons. The maximum atomic E-state index is 3.74. The molecule has 1 aliphatic carbocycles. The van der Waals surface area contributed by atoms with Crippen molar-refractivity contribution in [2.24, 2.45) is 11.8 Å². The quantitative estimate of drug-likeness (QED) is 0.734. The van der Waals surface area contributed by atoms with Crippen molar-refractivity contribution in [3.05, 3.63) is 35.4 Å². The summed E-state index contributed by atoms with van der Waals surface area (Å²) in [6.45, 7) is 10.3. The van der Waals surface area contributed by atoms with E-state index in [1.54, 1.807) is 0 Å². The number of hydrogen-bond donors (Lipinski definition) is 1. The fraction of sp³-hybridized carbons (Fsp3) is 0.667. The normalized spacial score (nSPS) is 25.1. The zero-order chi connectivity index (χ0) is 13.8. The fourth-order valence-corrected chi connectivity index (χ4v) is 2.90. The third kappa shape index (κ3) is 3.60. The van der Waals surface area contributed by atoms with Crippen LogP contribution in [0.4, 0.5) is 0 Å². The van der Waals surface area contributed by atoms with Crippen molar-refractivity contribution < 1.29 is 0 Å². The van der Waals surface area contributed by atoms with Crippen LogP contribution in [-0.4, -0.2) is 6.54 Å². The van der Waals surface area contributed by atoms with E-state index in [4.69, 9.17) is 0 Å². The van der Waals surface area contributed by atoms with Crippen molar-refractivity contribution >= 4 is 0 Å². The Labute approximate surface area is 118 Å². The maximum Gasteiger partial charge on any atom is 0.0351 e. The van der Waals surface area contributed by atoms with Crippen LogP contribution in [0.1, 0.15) is 70.0 Å². The molecule has 0 radical (unpaired) electrons. The fourth-order valence-electron chi connectivity index (χ4n) is 2.90. The molecule has 1 saturated carbocycles. The van der Waals surface area contributed by atoms with Crippen LogP contribution < -0.4 is 5.32 Å². The van der Waals surface area contributed by atoms with Gasteiger partial charge in [0.2, 0.25) is 0 Å². The van der Waals surface area contributed by atoms with Gasteiger partial charge in [0, 0.05) is 6.04 Å². The molecule has 1 nitrogen and oxygen atoms in total. The van der Waals surface area contributed by atoms with Gasteiger partial charge in [-0.15, -0.1) is 0 Å². The summed E-state index contributed by atoms with van der Waals surface area (Å²) in [6.07, 6.45) is 3.81. The first kappa shape index (κ1) is 14.6. The Bertz CT molecular complexity index is 381. The van der Waals surface area contributed by atoms with Crippen molar-refractivity contribution in [2.75, 3.05) is 6.54 Å². The second-order valence-electron chi connectivity index (χ2n) is 6.28. The average molecular weight is 259 g/mol. The summed E-state index contributed by atoms with van der Waals surface area (Å²) < 4.78 is 0. The molecule has 1 N–H and O–H groups in total. The minimum atomic E-state index is 0.570. The first-order valence-corrected chi connectivity index (χ1v) is 8.00. The van der Waals surface area contributed by atoms with Crippen LogP contribution in [0.3, 0.4) is 0 Å². The van der Waals surface area contributed by atoms with Crippen LogP contribution >= 0.6 is 0 Å². The predicted molar refractivity (Wildman–Crippen MR) is 83.5 cm³/mol. The van der Waals surface area contributed by atoms with Gasteiger partial charge in [0.25, 0.3) is 0 Å². The molecule has 1 aliphatic rings. The van der Waals surface area contributed by atoms with Gasteiger partial charge >= 0.3 is 0 Å². The molecule has 0 saturated heterocycles. The van der Waals surface area contributed by atoms with E-state index < -0.39 is 0 Å². The minimum absolute atomic E-state index is 0.570. The van der Waals surface area contributed by atoms with Crippen molar-refractivity contribution in [3.63, 3.8) is 0 Å². The maximum absolute atomic E-state index is 3.74. The largest absolute Gasteiger partial charge is 0.310 e. The molecule has 0 amide bonds. The smallest absolute Gasteiger partial charge is 0.0351 e. The molecular formula is C18H29N. The van der Waals surface area contributed by atoms with Crippen LogP contribution in [0.25, 0.3) is 0 Å². The lowest BCUT2D eigenvalue weighted by atomic mass is 9.94. The van der Waals surface area contributed by atoms with Gasteiger partial charge in [0.1, 0.15) is 0 Å². The van der Waals surface area contributed by atoms with Gasteiger partial charge in [-0.25, -0.2) is 0 Å². The number of hydrogen-bond acceptors (Lipinski definition) is 1. The summed E-state index contributed by atoms with van der Waals surface area (Å²) in [5.74, 6) is 2.42. The van der Waals surface area contributed by atoms with E-state index in [9.17, 15) is 0 Å². The molecule has 1 aromatic rings. The Balaban J connectivity index is 2.08. The summed E-state index contributed by atoms with van der Waals surface area (Å²) in [5.41, 5.74) is 2.96. The van der Waals surface area contributed by atoms with Crippen molar-refractivity contribution in [1.29, 1.82) is 0 Å². The molecule has 0 aromatic heterocycles. The third-order valence-corrected chi connectivity index (χ3v) is 4.69. The molecule has 1 heteroatoms. The highest BCUT2D eigenvalue weighted by Gasteiger charge is 2.39. The summed E-state index contributed by atoms with van der Waals surface area (Å²) >= 11 is 0. The first-order valence-electron chi connectivity index (χ1n) is 8.00. The Hall–Kier alpha value is -0.820. The number of benzene rings is 1. The van der Waals surface area contributed by atoms with Crippen molar-refractivity contribution in [1.82, 2.24) is 5.32 Å². The summed E-state index contributed by atoms with van der Waals surface area (Å²) in [7, 11) is 0. The van der Waals surface area contributed by atoms with Gasteiger partial charge < -0.3 is 5.32 Å². The highest BCUT2D eigenvalue weighted by molar-refractivity contribution is 5.28. The van der Waals surface area contributed by atoms with Crippen molar-refractivity contribution in [2.45, 2.75) is 58.9 Å². The van der Waals surface area contributed by atoms with Gasteiger partial charge in [0.15, 0.2) is 0 Å². The minimum Gasteiger partial charge on any atom is -0.310 e. The molecule has 4 unspecified atom stereocenters. The first-order chi connectivity index (χ1) is 9.17. The molecule has 0 bridgehead atoms. The zero-order valence-electron chi connectivity index (χ0n) is 12.9. The molecule has 1 fully saturated rings. The number of nitrogens with one attached hydrogen (secondary N) is 1. The molecule has 0 heterocycles. The van der Waals surface area contributed by atoms with Crippen LogP contribution in [0, 0.1) is 11.8 Å². The van der Waals surface area contributed by atoms with E-state index in [1.165, 1.54) is 30.4 Å². The van der Waals surface area contributed by atoms with Crippen LogP contribution in [-0.2, 0) is 0 Å². The molecule has 4 atom stereocenters. The van der Waals surface area contributed by atoms with Gasteiger partial charge in [-0.05, 0) is 54.7 Å². The van der Waals surface area contributed by atoms with Gasteiger partial charge in [-0.2, -0.15) is 0 Å². The van der Waals surface area contributed by atoms with E-state index in [1.807, 2.05) is 0 Å². The summed E-state index contributed by atoms with van der Waals surface area (Å²) in [4.78, 5) is 0.